The van der Waals surface area contributed by atoms with Gasteiger partial charge in [0, 0.05) is 11.1 Å². The number of carbonyl (C=O) groups is 3. The van der Waals surface area contributed by atoms with Gasteiger partial charge in [0.15, 0.2) is 23.9 Å². The molecule has 0 saturated heterocycles. The van der Waals surface area contributed by atoms with E-state index in [9.17, 15) is 14.4 Å². The average molecular weight is 413 g/mol. The molecule has 0 radical (unpaired) electrons. The van der Waals surface area contributed by atoms with E-state index >= 15 is 0 Å². The molecule has 7 nitrogen and oxygen atoms in total. The molecule has 2 aromatic carbocycles. The Morgan fingerprint density at radius 1 is 0.967 bits per heavy atom. The van der Waals surface area contributed by atoms with Gasteiger partial charge in [-0.3, -0.25) is 9.59 Å². The van der Waals surface area contributed by atoms with Gasteiger partial charge < -0.3 is 19.5 Å². The highest BCUT2D eigenvalue weighted by molar-refractivity contribution is 6.00. The Labute approximate surface area is 176 Å². The fraction of sp³-hybridized carbons (Fsp3) is 0.348. The Morgan fingerprint density at radius 2 is 1.63 bits per heavy atom. The lowest BCUT2D eigenvalue weighted by molar-refractivity contribution is -0.145. The van der Waals surface area contributed by atoms with Gasteiger partial charge in [0.2, 0.25) is 0 Å². The van der Waals surface area contributed by atoms with E-state index in [1.807, 2.05) is 19.1 Å². The minimum atomic E-state index is -0.879. The smallest absolute Gasteiger partial charge is 0.329 e. The van der Waals surface area contributed by atoms with Crippen molar-refractivity contribution in [3.8, 4) is 11.5 Å². The summed E-state index contributed by atoms with van der Waals surface area (Å²) < 4.78 is 15.5. The Bertz CT molecular complexity index is 922. The maximum atomic E-state index is 12.6. The highest BCUT2D eigenvalue weighted by Gasteiger charge is 2.27. The summed E-state index contributed by atoms with van der Waals surface area (Å²) in [6, 6.07) is 10.9. The second-order valence-electron chi connectivity index (χ2n) is 7.11. The van der Waals surface area contributed by atoms with Crippen molar-refractivity contribution in [1.29, 1.82) is 0 Å². The van der Waals surface area contributed by atoms with Crippen molar-refractivity contribution >= 4 is 17.7 Å². The number of methoxy groups -OCH3 is 2. The van der Waals surface area contributed by atoms with Crippen molar-refractivity contribution in [2.24, 2.45) is 5.92 Å². The maximum absolute atomic E-state index is 12.6. The summed E-state index contributed by atoms with van der Waals surface area (Å²) in [5.41, 5.74) is 1.61. The lowest BCUT2D eigenvalue weighted by atomic mass is 10.0. The third-order valence-electron chi connectivity index (χ3n) is 4.65. The molecule has 0 fully saturated rings. The number of carbonyl (C=O) groups excluding carboxylic acids is 3. The van der Waals surface area contributed by atoms with Crippen LogP contribution in [0.25, 0.3) is 0 Å². The van der Waals surface area contributed by atoms with Crippen molar-refractivity contribution in [3.05, 3.63) is 59.2 Å². The minimum absolute atomic E-state index is 0.221. The number of amides is 1. The molecule has 2 aromatic rings. The number of rotatable bonds is 9. The first kappa shape index (κ1) is 22.9. The van der Waals surface area contributed by atoms with E-state index in [0.29, 0.717) is 22.6 Å². The Hall–Kier alpha value is -3.35. The van der Waals surface area contributed by atoms with E-state index in [1.54, 1.807) is 38.1 Å². The average Bonchev–Trinajstić information content (AvgIpc) is 2.74. The van der Waals surface area contributed by atoms with Gasteiger partial charge in [-0.25, -0.2) is 4.79 Å². The van der Waals surface area contributed by atoms with Crippen LogP contribution in [0.1, 0.15) is 40.1 Å². The van der Waals surface area contributed by atoms with Gasteiger partial charge in [-0.1, -0.05) is 32.0 Å². The van der Waals surface area contributed by atoms with Gasteiger partial charge in [-0.2, -0.15) is 0 Å². The molecule has 0 aliphatic heterocycles. The highest BCUT2D eigenvalue weighted by atomic mass is 16.5. The zero-order valence-electron chi connectivity index (χ0n) is 17.9. The Kier molecular flexibility index (Phi) is 7.98. The summed E-state index contributed by atoms with van der Waals surface area (Å²) in [6.07, 6.45) is 0. The molecule has 0 aliphatic carbocycles. The molecule has 7 heteroatoms. The fourth-order valence-corrected chi connectivity index (χ4v) is 2.86. The fourth-order valence-electron chi connectivity index (χ4n) is 2.86. The number of esters is 1. The normalized spacial score (nSPS) is 11.5. The van der Waals surface area contributed by atoms with Crippen molar-refractivity contribution < 1.29 is 28.6 Å². The first-order valence-corrected chi connectivity index (χ1v) is 9.56. The zero-order valence-corrected chi connectivity index (χ0v) is 17.9. The first-order valence-electron chi connectivity index (χ1n) is 9.56. The summed E-state index contributed by atoms with van der Waals surface area (Å²) in [4.78, 5) is 37.6. The van der Waals surface area contributed by atoms with Crippen LogP contribution in [0.15, 0.2) is 42.5 Å². The van der Waals surface area contributed by atoms with Gasteiger partial charge in [-0.15, -0.1) is 0 Å². The monoisotopic (exact) mass is 413 g/mol. The summed E-state index contributed by atoms with van der Waals surface area (Å²) in [7, 11) is 2.97. The van der Waals surface area contributed by atoms with Crippen LogP contribution in [0.2, 0.25) is 0 Å². The summed E-state index contributed by atoms with van der Waals surface area (Å²) >= 11 is 0. The number of ketones is 1. The molecular weight excluding hydrogens is 386 g/mol. The van der Waals surface area contributed by atoms with E-state index in [0.717, 1.165) is 5.56 Å². The lowest BCUT2D eigenvalue weighted by Gasteiger charge is -2.21. The quantitative estimate of drug-likeness (QED) is 0.502. The van der Waals surface area contributed by atoms with E-state index in [1.165, 1.54) is 20.3 Å². The third-order valence-corrected chi connectivity index (χ3v) is 4.65. The third kappa shape index (κ3) is 5.59. The van der Waals surface area contributed by atoms with Gasteiger partial charge in [-0.05, 0) is 42.7 Å². The van der Waals surface area contributed by atoms with E-state index in [4.69, 9.17) is 14.2 Å². The van der Waals surface area contributed by atoms with Gasteiger partial charge in [0.05, 0.1) is 14.2 Å². The van der Waals surface area contributed by atoms with Crippen molar-refractivity contribution in [2.75, 3.05) is 20.8 Å². The Balaban J connectivity index is 2.04. The van der Waals surface area contributed by atoms with Gasteiger partial charge >= 0.3 is 5.97 Å². The number of hydrogen-bond acceptors (Lipinski definition) is 6. The molecule has 1 atom stereocenters. The molecule has 1 N–H and O–H groups in total. The van der Waals surface area contributed by atoms with Crippen LogP contribution in [0.5, 0.6) is 11.5 Å². The van der Waals surface area contributed by atoms with Crippen LogP contribution in [0.4, 0.5) is 0 Å². The Morgan fingerprint density at radius 3 is 2.23 bits per heavy atom. The zero-order chi connectivity index (χ0) is 22.3. The summed E-state index contributed by atoms with van der Waals surface area (Å²) in [5.74, 6) is -0.750. The van der Waals surface area contributed by atoms with Gasteiger partial charge in [0.1, 0.15) is 6.04 Å². The number of ether oxygens (including phenoxy) is 3. The number of nitrogens with one attached hydrogen (secondary N) is 1. The van der Waals surface area contributed by atoms with Crippen molar-refractivity contribution in [1.82, 2.24) is 5.32 Å². The molecule has 0 heterocycles. The van der Waals surface area contributed by atoms with Crippen LogP contribution in [-0.4, -0.2) is 44.5 Å². The summed E-state index contributed by atoms with van der Waals surface area (Å²) in [6.45, 7) is 4.96. The van der Waals surface area contributed by atoms with Crippen LogP contribution in [0, 0.1) is 12.8 Å². The molecule has 0 aliphatic rings. The topological polar surface area (TPSA) is 90.9 Å². The molecule has 1 amide bonds. The first-order chi connectivity index (χ1) is 14.3. The van der Waals surface area contributed by atoms with Crippen molar-refractivity contribution in [2.45, 2.75) is 26.8 Å². The molecular formula is C23H27NO6. The van der Waals surface area contributed by atoms with Crippen molar-refractivity contribution in [3.63, 3.8) is 0 Å². The van der Waals surface area contributed by atoms with Crippen LogP contribution < -0.4 is 14.8 Å². The van der Waals surface area contributed by atoms with Crippen LogP contribution in [-0.2, 0) is 9.53 Å². The van der Waals surface area contributed by atoms with Crippen LogP contribution in [0.3, 0.4) is 0 Å². The molecule has 2 rings (SSSR count). The van der Waals surface area contributed by atoms with E-state index in [2.05, 4.69) is 5.32 Å². The highest BCUT2D eigenvalue weighted by Crippen LogP contribution is 2.27. The molecule has 160 valence electrons. The second-order valence-corrected chi connectivity index (χ2v) is 7.11. The molecule has 0 bridgehead atoms. The number of Topliss-reactive ketones (excluding diaryl/α,β-unsaturated/α-hetero) is 1. The number of benzene rings is 2. The molecule has 0 spiro atoms. The number of hydrogen-bond donors (Lipinski definition) is 1. The maximum Gasteiger partial charge on any atom is 0.329 e. The predicted molar refractivity (Wildman–Crippen MR) is 112 cm³/mol. The largest absolute Gasteiger partial charge is 0.493 e. The molecule has 0 saturated carbocycles. The summed E-state index contributed by atoms with van der Waals surface area (Å²) in [5, 5.41) is 2.71. The van der Waals surface area contributed by atoms with Gasteiger partial charge in [0.25, 0.3) is 5.91 Å². The lowest BCUT2D eigenvalue weighted by Crippen LogP contribution is -2.45. The second kappa shape index (κ2) is 10.4. The molecule has 0 unspecified atom stereocenters. The minimum Gasteiger partial charge on any atom is -0.493 e. The van der Waals surface area contributed by atoms with E-state index in [-0.39, 0.29) is 11.8 Å². The predicted octanol–water partition coefficient (Wildman–Crippen LogP) is 3.19. The van der Waals surface area contributed by atoms with Crippen LogP contribution >= 0.6 is 0 Å². The standard InChI is InChI=1S/C23H27NO6/c1-14(2)21(24-22(26)17-9-7-6-8-15(17)3)23(27)30-13-18(25)16-10-11-19(28-4)20(12-16)29-5/h6-12,14,21H,13H2,1-5H3,(H,24,26)/t21-/m0/s1. The van der Waals surface area contributed by atoms with E-state index < -0.39 is 24.4 Å². The molecule has 30 heavy (non-hydrogen) atoms. The number of aryl methyl sites for hydroxylation is 1. The molecule has 0 aromatic heterocycles. The SMILES string of the molecule is COc1ccc(C(=O)COC(=O)[C@@H](NC(=O)c2ccccc2C)C(C)C)cc1OC.